The van der Waals surface area contributed by atoms with E-state index in [1.54, 1.807) is 7.11 Å². The van der Waals surface area contributed by atoms with Crippen molar-refractivity contribution in [2.75, 3.05) is 7.11 Å². The van der Waals surface area contributed by atoms with Crippen LogP contribution in [0.1, 0.15) is 57.1 Å². The van der Waals surface area contributed by atoms with Crippen molar-refractivity contribution >= 4 is 0 Å². The first kappa shape index (κ1) is 12.1. The molecule has 0 aliphatic carbocycles. The maximum Gasteiger partial charge on any atom is 0.125 e. The van der Waals surface area contributed by atoms with E-state index in [4.69, 9.17) is 4.74 Å². The van der Waals surface area contributed by atoms with Crippen LogP contribution >= 0.6 is 0 Å². The molecule has 1 aromatic rings. The topological polar surface area (TPSA) is 9.23 Å². The van der Waals surface area contributed by atoms with Crippen LogP contribution in [0.2, 0.25) is 0 Å². The van der Waals surface area contributed by atoms with Crippen LogP contribution in [-0.4, -0.2) is 7.11 Å². The number of hydrogen-bond acceptors (Lipinski definition) is 1. The van der Waals surface area contributed by atoms with E-state index >= 15 is 0 Å². The van der Waals surface area contributed by atoms with Gasteiger partial charge in [-0.15, -0.1) is 0 Å². The number of methoxy groups -OCH3 is 1. The van der Waals surface area contributed by atoms with E-state index < -0.39 is 0 Å². The van der Waals surface area contributed by atoms with E-state index in [1.165, 1.54) is 11.1 Å². The SMILES string of the molecule is CCC(C)c1cccc(C(C)C)c1OC. The summed E-state index contributed by atoms with van der Waals surface area (Å²) in [7, 11) is 1.77. The van der Waals surface area contributed by atoms with E-state index in [0.29, 0.717) is 11.8 Å². The van der Waals surface area contributed by atoms with Crippen molar-refractivity contribution in [3.05, 3.63) is 29.3 Å². The van der Waals surface area contributed by atoms with Crippen LogP contribution in [-0.2, 0) is 0 Å². The van der Waals surface area contributed by atoms with E-state index in [1.807, 2.05) is 0 Å². The zero-order valence-electron chi connectivity index (χ0n) is 10.5. The Morgan fingerprint density at radius 2 is 1.73 bits per heavy atom. The molecular formula is C14H22O. The van der Waals surface area contributed by atoms with Gasteiger partial charge in [-0.3, -0.25) is 0 Å². The smallest absolute Gasteiger partial charge is 0.125 e. The number of para-hydroxylation sites is 1. The third kappa shape index (κ3) is 2.53. The van der Waals surface area contributed by atoms with Gasteiger partial charge < -0.3 is 4.74 Å². The highest BCUT2D eigenvalue weighted by Crippen LogP contribution is 2.35. The molecule has 1 nitrogen and oxygen atoms in total. The average molecular weight is 206 g/mol. The highest BCUT2D eigenvalue weighted by Gasteiger charge is 2.14. The summed E-state index contributed by atoms with van der Waals surface area (Å²) in [6.07, 6.45) is 1.15. The molecule has 0 amide bonds. The molecule has 0 aromatic heterocycles. The summed E-state index contributed by atoms with van der Waals surface area (Å²) in [5.41, 5.74) is 2.65. The van der Waals surface area contributed by atoms with Crippen molar-refractivity contribution in [2.24, 2.45) is 0 Å². The Morgan fingerprint density at radius 3 is 2.20 bits per heavy atom. The predicted molar refractivity (Wildman–Crippen MR) is 65.8 cm³/mol. The van der Waals surface area contributed by atoms with Crippen LogP contribution in [0.5, 0.6) is 5.75 Å². The minimum atomic E-state index is 0.518. The molecule has 0 spiro atoms. The molecule has 0 heterocycles. The first-order valence-electron chi connectivity index (χ1n) is 5.78. The fraction of sp³-hybridized carbons (Fsp3) is 0.571. The molecule has 0 aliphatic heterocycles. The first-order valence-corrected chi connectivity index (χ1v) is 5.78. The van der Waals surface area contributed by atoms with Crippen LogP contribution in [0.25, 0.3) is 0 Å². The Hall–Kier alpha value is -0.980. The number of benzene rings is 1. The quantitative estimate of drug-likeness (QED) is 0.712. The molecule has 1 heteroatoms. The monoisotopic (exact) mass is 206 g/mol. The molecule has 1 aromatic carbocycles. The Bertz CT molecular complexity index is 315. The Labute approximate surface area is 93.5 Å². The summed E-state index contributed by atoms with van der Waals surface area (Å²) in [4.78, 5) is 0. The molecule has 0 bridgehead atoms. The molecule has 1 atom stereocenters. The van der Waals surface area contributed by atoms with Gasteiger partial charge in [-0.2, -0.15) is 0 Å². The Balaban J connectivity index is 3.22. The molecule has 0 radical (unpaired) electrons. The van der Waals surface area contributed by atoms with Gasteiger partial charge in [-0.05, 0) is 29.4 Å². The highest BCUT2D eigenvalue weighted by molar-refractivity contribution is 5.44. The summed E-state index contributed by atoms with van der Waals surface area (Å²) in [6, 6.07) is 6.48. The molecule has 1 unspecified atom stereocenters. The zero-order valence-corrected chi connectivity index (χ0v) is 10.5. The minimum absolute atomic E-state index is 0.518. The second-order valence-corrected chi connectivity index (χ2v) is 4.43. The van der Waals surface area contributed by atoms with Gasteiger partial charge in [0.15, 0.2) is 0 Å². The van der Waals surface area contributed by atoms with Crippen LogP contribution in [0.3, 0.4) is 0 Å². The summed E-state index contributed by atoms with van der Waals surface area (Å²) < 4.78 is 5.56. The van der Waals surface area contributed by atoms with Crippen LogP contribution in [0.4, 0.5) is 0 Å². The lowest BCUT2D eigenvalue weighted by Crippen LogP contribution is -2.01. The second-order valence-electron chi connectivity index (χ2n) is 4.43. The van der Waals surface area contributed by atoms with Gasteiger partial charge in [-0.1, -0.05) is 45.9 Å². The van der Waals surface area contributed by atoms with E-state index in [9.17, 15) is 0 Å². The van der Waals surface area contributed by atoms with Crippen molar-refractivity contribution in [3.8, 4) is 5.75 Å². The fourth-order valence-corrected chi connectivity index (χ4v) is 1.87. The standard InChI is InChI=1S/C14H22O/c1-6-11(4)13-9-7-8-12(10(2)3)14(13)15-5/h7-11H,6H2,1-5H3. The summed E-state index contributed by atoms with van der Waals surface area (Å²) in [6.45, 7) is 8.88. The number of ether oxygens (including phenoxy) is 1. The highest BCUT2D eigenvalue weighted by atomic mass is 16.5. The maximum absolute atomic E-state index is 5.56. The van der Waals surface area contributed by atoms with Crippen molar-refractivity contribution in [1.82, 2.24) is 0 Å². The van der Waals surface area contributed by atoms with Crippen LogP contribution in [0, 0.1) is 0 Å². The van der Waals surface area contributed by atoms with E-state index in [2.05, 4.69) is 45.9 Å². The van der Waals surface area contributed by atoms with Gasteiger partial charge in [-0.25, -0.2) is 0 Å². The minimum Gasteiger partial charge on any atom is -0.496 e. The Morgan fingerprint density at radius 1 is 1.13 bits per heavy atom. The molecule has 15 heavy (non-hydrogen) atoms. The summed E-state index contributed by atoms with van der Waals surface area (Å²) in [5.74, 6) is 2.17. The lowest BCUT2D eigenvalue weighted by Gasteiger charge is -2.19. The number of hydrogen-bond donors (Lipinski definition) is 0. The largest absolute Gasteiger partial charge is 0.496 e. The fourth-order valence-electron chi connectivity index (χ4n) is 1.87. The van der Waals surface area contributed by atoms with Gasteiger partial charge in [0.05, 0.1) is 7.11 Å². The molecule has 0 N–H and O–H groups in total. The molecule has 0 fully saturated rings. The van der Waals surface area contributed by atoms with Gasteiger partial charge in [0.2, 0.25) is 0 Å². The molecule has 0 aliphatic rings. The molecule has 84 valence electrons. The van der Waals surface area contributed by atoms with E-state index in [-0.39, 0.29) is 0 Å². The zero-order chi connectivity index (χ0) is 11.4. The third-order valence-electron chi connectivity index (χ3n) is 3.05. The predicted octanol–water partition coefficient (Wildman–Crippen LogP) is 4.33. The summed E-state index contributed by atoms with van der Waals surface area (Å²) >= 11 is 0. The third-order valence-corrected chi connectivity index (χ3v) is 3.05. The van der Waals surface area contributed by atoms with Crippen LogP contribution < -0.4 is 4.74 Å². The molecular weight excluding hydrogens is 184 g/mol. The lowest BCUT2D eigenvalue weighted by atomic mass is 9.92. The summed E-state index contributed by atoms with van der Waals surface area (Å²) in [5, 5.41) is 0. The normalized spacial score (nSPS) is 12.9. The van der Waals surface area contributed by atoms with Crippen molar-refractivity contribution in [1.29, 1.82) is 0 Å². The molecule has 0 saturated carbocycles. The second kappa shape index (κ2) is 5.20. The van der Waals surface area contributed by atoms with E-state index in [0.717, 1.165) is 12.2 Å². The molecule has 1 rings (SSSR count). The van der Waals surface area contributed by atoms with Crippen molar-refractivity contribution in [2.45, 2.75) is 46.0 Å². The van der Waals surface area contributed by atoms with Crippen LogP contribution in [0.15, 0.2) is 18.2 Å². The lowest BCUT2D eigenvalue weighted by molar-refractivity contribution is 0.398. The van der Waals surface area contributed by atoms with Gasteiger partial charge in [0.25, 0.3) is 0 Å². The van der Waals surface area contributed by atoms with Gasteiger partial charge in [0.1, 0.15) is 5.75 Å². The van der Waals surface area contributed by atoms with Gasteiger partial charge >= 0.3 is 0 Å². The van der Waals surface area contributed by atoms with Crippen molar-refractivity contribution in [3.63, 3.8) is 0 Å². The first-order chi connectivity index (χ1) is 7.11. The average Bonchev–Trinajstić information content (AvgIpc) is 2.26. The van der Waals surface area contributed by atoms with Crippen molar-refractivity contribution < 1.29 is 4.74 Å². The maximum atomic E-state index is 5.56. The number of rotatable bonds is 4. The molecule has 0 saturated heterocycles. The Kier molecular flexibility index (Phi) is 4.19. The van der Waals surface area contributed by atoms with Gasteiger partial charge in [0, 0.05) is 0 Å².